The Kier molecular flexibility index (Phi) is 5.85. The summed E-state index contributed by atoms with van der Waals surface area (Å²) in [5, 5.41) is 8.66. The molecule has 1 aliphatic heterocycles. The molecular formula is C11H23NO4S. The van der Waals surface area contributed by atoms with Crippen molar-refractivity contribution in [1.29, 1.82) is 0 Å². The highest BCUT2D eigenvalue weighted by molar-refractivity contribution is 7.89. The standard InChI is InChI=1S/C11H23NO4S/c1-10-5-6-12(9-11(10)16-2)17(14,15)8-4-3-7-13/h10-11,13H,3-9H2,1-2H3. The van der Waals surface area contributed by atoms with E-state index in [1.165, 1.54) is 4.31 Å². The molecule has 1 fully saturated rings. The van der Waals surface area contributed by atoms with Gasteiger partial charge in [0.2, 0.25) is 10.0 Å². The zero-order valence-electron chi connectivity index (χ0n) is 10.6. The first kappa shape index (κ1) is 14.9. The number of hydrogen-bond acceptors (Lipinski definition) is 4. The summed E-state index contributed by atoms with van der Waals surface area (Å²) in [6.07, 6.45) is 1.90. The lowest BCUT2D eigenvalue weighted by atomic mass is 9.97. The van der Waals surface area contributed by atoms with Gasteiger partial charge in [-0.15, -0.1) is 0 Å². The number of nitrogens with zero attached hydrogens (tertiary/aromatic N) is 1. The van der Waals surface area contributed by atoms with Crippen LogP contribution in [0.2, 0.25) is 0 Å². The minimum atomic E-state index is -3.18. The molecule has 17 heavy (non-hydrogen) atoms. The minimum Gasteiger partial charge on any atom is -0.396 e. The van der Waals surface area contributed by atoms with Gasteiger partial charge < -0.3 is 9.84 Å². The van der Waals surface area contributed by atoms with Gasteiger partial charge >= 0.3 is 0 Å². The summed E-state index contributed by atoms with van der Waals surface area (Å²) >= 11 is 0. The zero-order valence-corrected chi connectivity index (χ0v) is 11.4. The predicted molar refractivity (Wildman–Crippen MR) is 66.3 cm³/mol. The molecule has 6 heteroatoms. The molecule has 0 aromatic rings. The predicted octanol–water partition coefficient (Wildman–Crippen LogP) is 0.445. The summed E-state index contributed by atoms with van der Waals surface area (Å²) in [4.78, 5) is 0. The molecule has 0 radical (unpaired) electrons. The van der Waals surface area contributed by atoms with Crippen LogP contribution in [0.1, 0.15) is 26.2 Å². The van der Waals surface area contributed by atoms with E-state index in [0.717, 1.165) is 6.42 Å². The second kappa shape index (κ2) is 6.68. The van der Waals surface area contributed by atoms with Crippen LogP contribution in [-0.4, -0.2) is 56.5 Å². The third-order valence-corrected chi connectivity index (χ3v) is 5.28. The third kappa shape index (κ3) is 4.21. The average molecular weight is 265 g/mol. The first-order valence-corrected chi connectivity index (χ1v) is 7.73. The molecule has 0 spiro atoms. The number of ether oxygens (including phenoxy) is 1. The van der Waals surface area contributed by atoms with Crippen LogP contribution in [0.15, 0.2) is 0 Å². The van der Waals surface area contributed by atoms with Crippen LogP contribution in [0.4, 0.5) is 0 Å². The van der Waals surface area contributed by atoms with Crippen LogP contribution in [0, 0.1) is 5.92 Å². The van der Waals surface area contributed by atoms with Crippen molar-refractivity contribution >= 4 is 10.0 Å². The van der Waals surface area contributed by atoms with Gasteiger partial charge in [0.25, 0.3) is 0 Å². The Morgan fingerprint density at radius 2 is 2.12 bits per heavy atom. The maximum absolute atomic E-state index is 12.0. The van der Waals surface area contributed by atoms with Crippen molar-refractivity contribution in [3.8, 4) is 0 Å². The summed E-state index contributed by atoms with van der Waals surface area (Å²) in [5.41, 5.74) is 0. The molecule has 0 aliphatic carbocycles. The van der Waals surface area contributed by atoms with Gasteiger partial charge in [-0.3, -0.25) is 0 Å². The average Bonchev–Trinajstić information content (AvgIpc) is 2.29. The number of hydrogen-bond donors (Lipinski definition) is 1. The van der Waals surface area contributed by atoms with Crippen LogP contribution in [-0.2, 0) is 14.8 Å². The molecule has 0 aromatic carbocycles. The number of methoxy groups -OCH3 is 1. The van der Waals surface area contributed by atoms with E-state index in [1.807, 2.05) is 0 Å². The van der Waals surface area contributed by atoms with Crippen molar-refractivity contribution in [3.63, 3.8) is 0 Å². The van der Waals surface area contributed by atoms with E-state index in [9.17, 15) is 8.42 Å². The topological polar surface area (TPSA) is 66.8 Å². The van der Waals surface area contributed by atoms with Crippen molar-refractivity contribution in [2.75, 3.05) is 32.6 Å². The van der Waals surface area contributed by atoms with Crippen molar-refractivity contribution in [3.05, 3.63) is 0 Å². The molecule has 1 heterocycles. The van der Waals surface area contributed by atoms with Gasteiger partial charge in [0.05, 0.1) is 11.9 Å². The van der Waals surface area contributed by atoms with Gasteiger partial charge in [0.15, 0.2) is 0 Å². The summed E-state index contributed by atoms with van der Waals surface area (Å²) in [6.45, 7) is 3.18. The van der Waals surface area contributed by atoms with Crippen LogP contribution >= 0.6 is 0 Å². The third-order valence-electron chi connectivity index (χ3n) is 3.36. The number of aliphatic hydroxyl groups is 1. The zero-order chi connectivity index (χ0) is 12.9. The lowest BCUT2D eigenvalue weighted by Crippen LogP contribution is -2.47. The molecule has 1 aliphatic rings. The molecule has 0 saturated carbocycles. The molecule has 102 valence electrons. The Balaban J connectivity index is 2.54. The number of rotatable bonds is 6. The summed E-state index contributed by atoms with van der Waals surface area (Å²) in [7, 11) is -1.55. The molecular weight excluding hydrogens is 242 g/mol. The fourth-order valence-corrected chi connectivity index (χ4v) is 3.68. The molecule has 1 saturated heterocycles. The molecule has 1 rings (SSSR count). The molecule has 0 aromatic heterocycles. The Morgan fingerprint density at radius 1 is 1.41 bits per heavy atom. The number of unbranched alkanes of at least 4 members (excludes halogenated alkanes) is 1. The fraction of sp³-hybridized carbons (Fsp3) is 1.00. The Morgan fingerprint density at radius 3 is 2.71 bits per heavy atom. The lowest BCUT2D eigenvalue weighted by Gasteiger charge is -2.35. The van der Waals surface area contributed by atoms with Crippen molar-refractivity contribution in [1.82, 2.24) is 4.31 Å². The summed E-state index contributed by atoms with van der Waals surface area (Å²) in [6, 6.07) is 0. The van der Waals surface area contributed by atoms with Gasteiger partial charge in [0.1, 0.15) is 0 Å². The molecule has 2 unspecified atom stereocenters. The monoisotopic (exact) mass is 265 g/mol. The maximum atomic E-state index is 12.0. The molecule has 1 N–H and O–H groups in total. The van der Waals surface area contributed by atoms with Crippen LogP contribution in [0.5, 0.6) is 0 Å². The summed E-state index contributed by atoms with van der Waals surface area (Å²) < 4.78 is 30.9. The first-order valence-electron chi connectivity index (χ1n) is 6.12. The van der Waals surface area contributed by atoms with E-state index in [2.05, 4.69) is 6.92 Å². The van der Waals surface area contributed by atoms with Crippen molar-refractivity contribution < 1.29 is 18.3 Å². The van der Waals surface area contributed by atoms with Crippen LogP contribution < -0.4 is 0 Å². The van der Waals surface area contributed by atoms with E-state index >= 15 is 0 Å². The lowest BCUT2D eigenvalue weighted by molar-refractivity contribution is 0.0184. The number of aliphatic hydroxyl groups excluding tert-OH is 1. The SMILES string of the molecule is COC1CN(S(=O)(=O)CCCCO)CCC1C. The largest absolute Gasteiger partial charge is 0.396 e. The first-order chi connectivity index (χ1) is 8.01. The Hall–Kier alpha value is -0.170. The van der Waals surface area contributed by atoms with E-state index in [1.54, 1.807) is 7.11 Å². The fourth-order valence-electron chi connectivity index (χ4n) is 2.09. The molecule has 2 atom stereocenters. The number of piperidine rings is 1. The highest BCUT2D eigenvalue weighted by atomic mass is 32.2. The molecule has 0 amide bonds. The van der Waals surface area contributed by atoms with Crippen LogP contribution in [0.3, 0.4) is 0 Å². The molecule has 5 nitrogen and oxygen atoms in total. The molecule has 0 bridgehead atoms. The highest BCUT2D eigenvalue weighted by Gasteiger charge is 2.32. The number of sulfonamides is 1. The van der Waals surface area contributed by atoms with Crippen LogP contribution in [0.25, 0.3) is 0 Å². The van der Waals surface area contributed by atoms with E-state index < -0.39 is 10.0 Å². The normalized spacial score (nSPS) is 27.2. The second-order valence-corrected chi connectivity index (χ2v) is 6.73. The summed E-state index contributed by atoms with van der Waals surface area (Å²) in [5.74, 6) is 0.530. The van der Waals surface area contributed by atoms with Crippen molar-refractivity contribution in [2.24, 2.45) is 5.92 Å². The Labute approximate surface area is 104 Å². The van der Waals surface area contributed by atoms with Gasteiger partial charge in [0, 0.05) is 26.8 Å². The quantitative estimate of drug-likeness (QED) is 0.708. The van der Waals surface area contributed by atoms with E-state index in [4.69, 9.17) is 9.84 Å². The minimum absolute atomic E-state index is 0.00336. The van der Waals surface area contributed by atoms with E-state index in [-0.39, 0.29) is 18.5 Å². The van der Waals surface area contributed by atoms with Gasteiger partial charge in [-0.1, -0.05) is 6.92 Å². The van der Waals surface area contributed by atoms with E-state index in [0.29, 0.717) is 31.8 Å². The highest BCUT2D eigenvalue weighted by Crippen LogP contribution is 2.22. The second-order valence-electron chi connectivity index (χ2n) is 4.64. The van der Waals surface area contributed by atoms with Gasteiger partial charge in [-0.2, -0.15) is 4.31 Å². The van der Waals surface area contributed by atoms with Gasteiger partial charge in [-0.05, 0) is 25.2 Å². The Bertz CT molecular complexity index is 317. The van der Waals surface area contributed by atoms with Gasteiger partial charge in [-0.25, -0.2) is 8.42 Å². The maximum Gasteiger partial charge on any atom is 0.214 e. The van der Waals surface area contributed by atoms with Crippen molar-refractivity contribution in [2.45, 2.75) is 32.3 Å². The smallest absolute Gasteiger partial charge is 0.214 e.